The van der Waals surface area contributed by atoms with Gasteiger partial charge < -0.3 is 18.8 Å². The molecular weight excluding hydrogens is 356 g/mol. The number of para-hydroxylation sites is 2. The first-order chi connectivity index (χ1) is 13.6. The lowest BCUT2D eigenvalue weighted by Gasteiger charge is -2.20. The molecule has 0 radical (unpaired) electrons. The molecule has 1 saturated heterocycles. The van der Waals surface area contributed by atoms with Crippen LogP contribution in [0.3, 0.4) is 0 Å². The van der Waals surface area contributed by atoms with Gasteiger partial charge in [0.25, 0.3) is 5.56 Å². The van der Waals surface area contributed by atoms with Gasteiger partial charge in [0.1, 0.15) is 5.76 Å². The Kier molecular flexibility index (Phi) is 5.14. The average molecular weight is 380 g/mol. The molecule has 1 aliphatic heterocycles. The van der Waals surface area contributed by atoms with E-state index in [-0.39, 0.29) is 17.9 Å². The minimum atomic E-state index is -0.123. The molecule has 0 N–H and O–H groups in total. The monoisotopic (exact) mass is 380 g/mol. The molecule has 0 saturated carbocycles. The maximum absolute atomic E-state index is 13.1. The second-order valence-corrected chi connectivity index (χ2v) is 7.15. The van der Waals surface area contributed by atoms with Crippen molar-refractivity contribution in [1.29, 1.82) is 0 Å². The number of hydrogen-bond acceptors (Lipinski definition) is 5. The van der Waals surface area contributed by atoms with Gasteiger partial charge >= 0.3 is 0 Å². The first kappa shape index (κ1) is 18.3. The van der Waals surface area contributed by atoms with Crippen LogP contribution < -0.4 is 10.5 Å². The van der Waals surface area contributed by atoms with E-state index >= 15 is 0 Å². The van der Waals surface area contributed by atoms with Crippen molar-refractivity contribution in [2.45, 2.75) is 32.4 Å². The number of carbonyl (C=O) groups excluding carboxylic acids is 1. The van der Waals surface area contributed by atoms with E-state index in [0.29, 0.717) is 18.9 Å². The minimum absolute atomic E-state index is 0.0353. The van der Waals surface area contributed by atoms with Crippen molar-refractivity contribution >= 4 is 22.8 Å². The lowest BCUT2D eigenvalue weighted by atomic mass is 10.2. The number of fused-ring (bicyclic) bond motifs is 1. The molecule has 7 heteroatoms. The molecule has 0 spiro atoms. The Hall–Kier alpha value is -3.09. The van der Waals surface area contributed by atoms with E-state index in [0.717, 1.165) is 42.7 Å². The van der Waals surface area contributed by atoms with Crippen LogP contribution in [0.1, 0.15) is 25.0 Å². The molecule has 146 valence electrons. The number of aromatic nitrogens is 2. The summed E-state index contributed by atoms with van der Waals surface area (Å²) in [4.78, 5) is 34.0. The summed E-state index contributed by atoms with van der Waals surface area (Å²) in [7, 11) is 1.74. The smallest absolute Gasteiger partial charge is 0.294 e. The molecule has 1 fully saturated rings. The lowest BCUT2D eigenvalue weighted by Crippen LogP contribution is -2.33. The molecule has 1 aromatic carbocycles. The second kappa shape index (κ2) is 7.88. The summed E-state index contributed by atoms with van der Waals surface area (Å²) in [6.45, 7) is 2.44. The SMILES string of the molecule is CN(Cc1ccco1)C(=O)CCn1c(=O)c(N2CCCC2)nc2ccccc21. The molecule has 0 bridgehead atoms. The number of hydrogen-bond donors (Lipinski definition) is 0. The topological polar surface area (TPSA) is 71.6 Å². The summed E-state index contributed by atoms with van der Waals surface area (Å²) in [5.74, 6) is 1.19. The number of anilines is 1. The van der Waals surface area contributed by atoms with Crippen LogP contribution in [0.25, 0.3) is 11.0 Å². The molecule has 7 nitrogen and oxygen atoms in total. The van der Waals surface area contributed by atoms with Crippen LogP contribution in [0.2, 0.25) is 0 Å². The third kappa shape index (κ3) is 3.65. The summed E-state index contributed by atoms with van der Waals surface area (Å²) in [6, 6.07) is 11.2. The van der Waals surface area contributed by atoms with Crippen LogP contribution in [0, 0.1) is 0 Å². The predicted octanol–water partition coefficient (Wildman–Crippen LogP) is 2.64. The summed E-state index contributed by atoms with van der Waals surface area (Å²) < 4.78 is 6.99. The Morgan fingerprint density at radius 1 is 1.18 bits per heavy atom. The number of amides is 1. The number of benzene rings is 1. The number of aryl methyl sites for hydroxylation is 1. The molecule has 0 aliphatic carbocycles. The first-order valence-corrected chi connectivity index (χ1v) is 9.64. The largest absolute Gasteiger partial charge is 0.467 e. The fourth-order valence-electron chi connectivity index (χ4n) is 3.66. The van der Waals surface area contributed by atoms with Crippen molar-refractivity contribution in [3.63, 3.8) is 0 Å². The third-order valence-corrected chi connectivity index (χ3v) is 5.19. The zero-order valence-electron chi connectivity index (χ0n) is 16.0. The molecule has 0 atom stereocenters. The van der Waals surface area contributed by atoms with Crippen LogP contribution in [-0.4, -0.2) is 40.5 Å². The Labute approximate surface area is 163 Å². The summed E-state index contributed by atoms with van der Waals surface area (Å²) in [5.41, 5.74) is 1.42. The maximum atomic E-state index is 13.1. The van der Waals surface area contributed by atoms with Gasteiger partial charge in [0, 0.05) is 33.1 Å². The normalized spacial score (nSPS) is 14.0. The standard InChI is InChI=1S/C21H24N4O3/c1-23(15-16-7-6-14-28-16)19(26)10-13-25-18-9-3-2-8-17(18)22-20(21(25)27)24-11-4-5-12-24/h2-3,6-9,14H,4-5,10-13,15H2,1H3. The number of nitrogens with zero attached hydrogens (tertiary/aromatic N) is 4. The predicted molar refractivity (Wildman–Crippen MR) is 107 cm³/mol. The third-order valence-electron chi connectivity index (χ3n) is 5.19. The maximum Gasteiger partial charge on any atom is 0.294 e. The van der Waals surface area contributed by atoms with Crippen molar-refractivity contribution in [3.8, 4) is 0 Å². The van der Waals surface area contributed by atoms with E-state index < -0.39 is 0 Å². The zero-order valence-corrected chi connectivity index (χ0v) is 16.0. The molecule has 1 aliphatic rings. The van der Waals surface area contributed by atoms with Gasteiger partial charge in [-0.15, -0.1) is 0 Å². The van der Waals surface area contributed by atoms with Gasteiger partial charge in [-0.1, -0.05) is 12.1 Å². The second-order valence-electron chi connectivity index (χ2n) is 7.15. The Morgan fingerprint density at radius 3 is 2.71 bits per heavy atom. The van der Waals surface area contributed by atoms with Crippen LogP contribution in [0.15, 0.2) is 51.9 Å². The van der Waals surface area contributed by atoms with Crippen molar-refractivity contribution in [3.05, 3.63) is 58.8 Å². The molecule has 1 amide bonds. The molecule has 0 unspecified atom stereocenters. The summed E-state index contributed by atoms with van der Waals surface area (Å²) >= 11 is 0. The van der Waals surface area contributed by atoms with Crippen LogP contribution in [0.5, 0.6) is 0 Å². The van der Waals surface area contributed by atoms with E-state index in [1.165, 1.54) is 0 Å². The van der Waals surface area contributed by atoms with E-state index in [2.05, 4.69) is 9.88 Å². The van der Waals surface area contributed by atoms with Crippen molar-refractivity contribution in [2.75, 3.05) is 25.0 Å². The Bertz CT molecular complexity index is 1020. The van der Waals surface area contributed by atoms with Gasteiger partial charge in [-0.05, 0) is 37.1 Å². The number of rotatable bonds is 6. The van der Waals surface area contributed by atoms with Crippen LogP contribution >= 0.6 is 0 Å². The molecule has 4 rings (SSSR count). The highest BCUT2D eigenvalue weighted by Crippen LogP contribution is 2.18. The fourth-order valence-corrected chi connectivity index (χ4v) is 3.66. The highest BCUT2D eigenvalue weighted by Gasteiger charge is 2.20. The van der Waals surface area contributed by atoms with E-state index in [1.54, 1.807) is 28.8 Å². The van der Waals surface area contributed by atoms with E-state index in [9.17, 15) is 9.59 Å². The van der Waals surface area contributed by atoms with Gasteiger partial charge in [-0.2, -0.15) is 0 Å². The Balaban J connectivity index is 1.57. The molecule has 28 heavy (non-hydrogen) atoms. The Morgan fingerprint density at radius 2 is 1.96 bits per heavy atom. The number of carbonyl (C=O) groups is 1. The lowest BCUT2D eigenvalue weighted by molar-refractivity contribution is -0.130. The van der Waals surface area contributed by atoms with Gasteiger partial charge in [0.2, 0.25) is 5.91 Å². The number of furan rings is 1. The molecule has 2 aromatic heterocycles. The average Bonchev–Trinajstić information content (AvgIpc) is 3.40. The van der Waals surface area contributed by atoms with Crippen molar-refractivity contribution in [2.24, 2.45) is 0 Å². The van der Waals surface area contributed by atoms with E-state index in [4.69, 9.17) is 4.42 Å². The highest BCUT2D eigenvalue weighted by atomic mass is 16.3. The highest BCUT2D eigenvalue weighted by molar-refractivity contribution is 5.78. The van der Waals surface area contributed by atoms with Crippen LogP contribution in [-0.2, 0) is 17.9 Å². The molecule has 3 aromatic rings. The first-order valence-electron chi connectivity index (χ1n) is 9.64. The molecular formula is C21H24N4O3. The van der Waals surface area contributed by atoms with Crippen molar-refractivity contribution in [1.82, 2.24) is 14.5 Å². The minimum Gasteiger partial charge on any atom is -0.467 e. The van der Waals surface area contributed by atoms with Crippen molar-refractivity contribution < 1.29 is 9.21 Å². The summed E-state index contributed by atoms with van der Waals surface area (Å²) in [6.07, 6.45) is 3.98. The fraction of sp³-hybridized carbons (Fsp3) is 0.381. The van der Waals surface area contributed by atoms with Gasteiger partial charge in [0.05, 0.1) is 23.8 Å². The zero-order chi connectivity index (χ0) is 19.5. The molecule has 3 heterocycles. The quantitative estimate of drug-likeness (QED) is 0.657. The van der Waals surface area contributed by atoms with Crippen LogP contribution in [0.4, 0.5) is 5.82 Å². The summed E-state index contributed by atoms with van der Waals surface area (Å²) in [5, 5.41) is 0. The van der Waals surface area contributed by atoms with Gasteiger partial charge in [-0.25, -0.2) is 4.98 Å². The van der Waals surface area contributed by atoms with Gasteiger partial charge in [0.15, 0.2) is 5.82 Å². The van der Waals surface area contributed by atoms with Gasteiger partial charge in [-0.3, -0.25) is 9.59 Å². The van der Waals surface area contributed by atoms with E-state index in [1.807, 2.05) is 30.3 Å².